The molecule has 0 atom stereocenters. The van der Waals surface area contributed by atoms with Crippen LogP contribution in [0, 0.1) is 6.92 Å². The number of sulfonamides is 1. The summed E-state index contributed by atoms with van der Waals surface area (Å²) in [6.45, 7) is 7.56. The fraction of sp³-hybridized carbons (Fsp3) is 0.500. The second kappa shape index (κ2) is 6.89. The van der Waals surface area contributed by atoms with Gasteiger partial charge in [-0.25, -0.2) is 13.1 Å². The van der Waals surface area contributed by atoms with Crippen molar-refractivity contribution in [3.05, 3.63) is 28.2 Å². The highest BCUT2D eigenvalue weighted by atomic mass is 79.9. The minimum atomic E-state index is -3.62. The zero-order valence-corrected chi connectivity index (χ0v) is 15.1. The average molecular weight is 377 g/mol. The molecular weight excluding hydrogens is 356 g/mol. The second-order valence-corrected chi connectivity index (χ2v) is 8.47. The molecule has 0 saturated carbocycles. The highest BCUT2D eigenvalue weighted by Gasteiger charge is 2.18. The molecule has 0 aliphatic carbocycles. The summed E-state index contributed by atoms with van der Waals surface area (Å²) in [6.07, 6.45) is 0.0972. The Hall–Kier alpha value is -0.920. The Morgan fingerprint density at radius 2 is 1.90 bits per heavy atom. The van der Waals surface area contributed by atoms with Crippen molar-refractivity contribution in [1.29, 1.82) is 0 Å². The van der Waals surface area contributed by atoms with Gasteiger partial charge in [0.15, 0.2) is 0 Å². The smallest absolute Gasteiger partial charge is 0.241 e. The van der Waals surface area contributed by atoms with E-state index in [1.54, 1.807) is 12.1 Å². The number of aryl methyl sites for hydroxylation is 1. The fourth-order valence-corrected chi connectivity index (χ4v) is 3.90. The molecule has 0 aliphatic heterocycles. The molecule has 0 saturated heterocycles. The van der Waals surface area contributed by atoms with Crippen LogP contribution in [0.4, 0.5) is 0 Å². The number of carbonyl (C=O) groups is 1. The fourth-order valence-electron chi connectivity index (χ4n) is 1.68. The van der Waals surface area contributed by atoms with Gasteiger partial charge in [-0.15, -0.1) is 0 Å². The molecule has 0 heterocycles. The van der Waals surface area contributed by atoms with E-state index in [0.29, 0.717) is 4.47 Å². The van der Waals surface area contributed by atoms with E-state index in [-0.39, 0.29) is 29.3 Å². The van der Waals surface area contributed by atoms with E-state index >= 15 is 0 Å². The van der Waals surface area contributed by atoms with Gasteiger partial charge in [0.25, 0.3) is 0 Å². The summed E-state index contributed by atoms with van der Waals surface area (Å²) in [5.41, 5.74) is 0.640. The van der Waals surface area contributed by atoms with Crippen molar-refractivity contribution >= 4 is 31.9 Å². The molecule has 0 spiro atoms. The van der Waals surface area contributed by atoms with E-state index in [0.717, 1.165) is 5.56 Å². The first-order chi connectivity index (χ1) is 9.51. The van der Waals surface area contributed by atoms with Crippen LogP contribution in [0.1, 0.15) is 32.8 Å². The molecule has 1 aromatic carbocycles. The van der Waals surface area contributed by atoms with Gasteiger partial charge in [0, 0.05) is 23.0 Å². The van der Waals surface area contributed by atoms with Crippen molar-refractivity contribution < 1.29 is 13.2 Å². The molecule has 1 rings (SSSR count). The Morgan fingerprint density at radius 1 is 1.29 bits per heavy atom. The Bertz CT molecular complexity index is 622. The van der Waals surface area contributed by atoms with Gasteiger partial charge in [-0.2, -0.15) is 0 Å². The first-order valence-corrected chi connectivity index (χ1v) is 8.86. The van der Waals surface area contributed by atoms with Gasteiger partial charge in [0.1, 0.15) is 0 Å². The van der Waals surface area contributed by atoms with E-state index in [9.17, 15) is 13.2 Å². The predicted molar refractivity (Wildman–Crippen MR) is 86.6 cm³/mol. The maximum absolute atomic E-state index is 12.2. The van der Waals surface area contributed by atoms with E-state index in [1.807, 2.05) is 27.7 Å². The quantitative estimate of drug-likeness (QED) is 0.827. The molecule has 21 heavy (non-hydrogen) atoms. The number of nitrogens with one attached hydrogen (secondary N) is 2. The Labute approximate surface area is 134 Å². The molecule has 1 amide bonds. The van der Waals surface area contributed by atoms with E-state index in [2.05, 4.69) is 26.0 Å². The highest BCUT2D eigenvalue weighted by molar-refractivity contribution is 9.10. The summed E-state index contributed by atoms with van der Waals surface area (Å²) < 4.78 is 27.3. The van der Waals surface area contributed by atoms with Crippen LogP contribution in [-0.2, 0) is 14.8 Å². The third kappa shape index (κ3) is 6.15. The van der Waals surface area contributed by atoms with Crippen LogP contribution in [0.15, 0.2) is 27.6 Å². The molecule has 0 aromatic heterocycles. The third-order valence-corrected chi connectivity index (χ3v) is 4.97. The molecule has 5 nitrogen and oxygen atoms in total. The lowest BCUT2D eigenvalue weighted by molar-refractivity contribution is -0.122. The van der Waals surface area contributed by atoms with Gasteiger partial charge in [-0.05, 0) is 61.3 Å². The number of carbonyl (C=O) groups excluding carboxylic acids is 1. The van der Waals surface area contributed by atoms with Crippen molar-refractivity contribution in [1.82, 2.24) is 10.0 Å². The molecule has 0 radical (unpaired) electrons. The van der Waals surface area contributed by atoms with Crippen LogP contribution >= 0.6 is 15.9 Å². The van der Waals surface area contributed by atoms with Crippen LogP contribution in [0.5, 0.6) is 0 Å². The van der Waals surface area contributed by atoms with Gasteiger partial charge >= 0.3 is 0 Å². The lowest BCUT2D eigenvalue weighted by atomic mass is 10.1. The van der Waals surface area contributed by atoms with E-state index in [4.69, 9.17) is 0 Å². The molecule has 7 heteroatoms. The van der Waals surface area contributed by atoms with Crippen molar-refractivity contribution in [3.8, 4) is 0 Å². The van der Waals surface area contributed by atoms with Crippen LogP contribution in [-0.4, -0.2) is 26.4 Å². The molecule has 1 aromatic rings. The molecule has 0 bridgehead atoms. The first kappa shape index (κ1) is 18.1. The average Bonchev–Trinajstić information content (AvgIpc) is 2.25. The van der Waals surface area contributed by atoms with Crippen molar-refractivity contribution in [2.45, 2.75) is 44.6 Å². The SMILES string of the molecule is Cc1ccc(S(=O)(=O)NCCC(=O)NC(C)(C)C)c(Br)c1. The van der Waals surface area contributed by atoms with Crippen molar-refractivity contribution in [2.24, 2.45) is 0 Å². The second-order valence-electron chi connectivity index (χ2n) is 5.88. The minimum absolute atomic E-state index is 0.0601. The monoisotopic (exact) mass is 376 g/mol. The zero-order valence-electron chi connectivity index (χ0n) is 12.7. The Morgan fingerprint density at radius 3 is 2.43 bits per heavy atom. The number of benzene rings is 1. The van der Waals surface area contributed by atoms with Gasteiger partial charge in [0.2, 0.25) is 15.9 Å². The molecule has 118 valence electrons. The maximum Gasteiger partial charge on any atom is 0.241 e. The summed E-state index contributed by atoms with van der Waals surface area (Å²) in [7, 11) is -3.62. The number of hydrogen-bond donors (Lipinski definition) is 2. The summed E-state index contributed by atoms with van der Waals surface area (Å²) in [5, 5.41) is 2.78. The largest absolute Gasteiger partial charge is 0.351 e. The van der Waals surface area contributed by atoms with Crippen molar-refractivity contribution in [2.75, 3.05) is 6.54 Å². The Balaban J connectivity index is 2.64. The molecular formula is C14H21BrN2O3S. The summed E-state index contributed by atoms with van der Waals surface area (Å²) >= 11 is 3.25. The van der Waals surface area contributed by atoms with Crippen LogP contribution < -0.4 is 10.0 Å². The minimum Gasteiger partial charge on any atom is -0.351 e. The number of halogens is 1. The Kier molecular flexibility index (Phi) is 5.95. The van der Waals surface area contributed by atoms with Gasteiger partial charge in [-0.3, -0.25) is 4.79 Å². The zero-order chi connectivity index (χ0) is 16.3. The van der Waals surface area contributed by atoms with Gasteiger partial charge in [0.05, 0.1) is 4.90 Å². The highest BCUT2D eigenvalue weighted by Crippen LogP contribution is 2.22. The summed E-state index contributed by atoms with van der Waals surface area (Å²) in [4.78, 5) is 11.8. The lowest BCUT2D eigenvalue weighted by Crippen LogP contribution is -2.41. The molecule has 0 fully saturated rings. The summed E-state index contributed by atoms with van der Waals surface area (Å²) in [5.74, 6) is -0.187. The number of hydrogen-bond acceptors (Lipinski definition) is 3. The van der Waals surface area contributed by atoms with E-state index in [1.165, 1.54) is 6.07 Å². The standard InChI is InChI=1S/C14H21BrN2O3S/c1-10-5-6-12(11(15)9-10)21(19,20)16-8-7-13(18)17-14(2,3)4/h5-6,9,16H,7-8H2,1-4H3,(H,17,18). The predicted octanol–water partition coefficient (Wildman–Crippen LogP) is 2.34. The van der Waals surface area contributed by atoms with Crippen molar-refractivity contribution in [3.63, 3.8) is 0 Å². The maximum atomic E-state index is 12.2. The topological polar surface area (TPSA) is 75.3 Å². The lowest BCUT2D eigenvalue weighted by Gasteiger charge is -2.20. The first-order valence-electron chi connectivity index (χ1n) is 6.58. The molecule has 2 N–H and O–H groups in total. The van der Waals surface area contributed by atoms with Crippen LogP contribution in [0.2, 0.25) is 0 Å². The normalized spacial score (nSPS) is 12.2. The van der Waals surface area contributed by atoms with Crippen LogP contribution in [0.25, 0.3) is 0 Å². The van der Waals surface area contributed by atoms with Gasteiger partial charge in [-0.1, -0.05) is 6.07 Å². The van der Waals surface area contributed by atoms with E-state index < -0.39 is 10.0 Å². The third-order valence-electron chi connectivity index (χ3n) is 2.54. The van der Waals surface area contributed by atoms with Gasteiger partial charge < -0.3 is 5.32 Å². The van der Waals surface area contributed by atoms with Crippen LogP contribution in [0.3, 0.4) is 0 Å². The number of rotatable bonds is 5. The molecule has 0 aliphatic rings. The number of amides is 1. The summed E-state index contributed by atoms with van der Waals surface area (Å²) in [6, 6.07) is 5.00. The molecule has 0 unspecified atom stereocenters.